The second-order valence-corrected chi connectivity index (χ2v) is 10.5. The number of benzene rings is 3. The molecular weight excluding hydrogens is 474 g/mol. The molecule has 0 radical (unpaired) electrons. The van der Waals surface area contributed by atoms with E-state index in [9.17, 15) is 4.79 Å². The number of carbonyl (C=O) groups excluding carboxylic acids is 1. The number of Topliss-reactive ketones (excluding diaryl/α,β-unsaturated/α-hetero) is 1. The Balaban J connectivity index is 1.76. The normalized spacial score (nSPS) is 18.9. The van der Waals surface area contributed by atoms with Gasteiger partial charge in [-0.25, -0.2) is 0 Å². The monoisotopic (exact) mass is 499 g/mol. The van der Waals surface area contributed by atoms with Crippen LogP contribution in [-0.4, -0.2) is 12.9 Å². The van der Waals surface area contributed by atoms with Crippen LogP contribution in [0.4, 0.5) is 5.69 Å². The van der Waals surface area contributed by atoms with Gasteiger partial charge in [-0.05, 0) is 51.9 Å². The summed E-state index contributed by atoms with van der Waals surface area (Å²) < 4.78 is 6.57. The number of carbonyl (C=O) groups is 1. The van der Waals surface area contributed by atoms with Crippen LogP contribution in [0.15, 0.2) is 58.6 Å². The molecule has 1 aliphatic heterocycles. The summed E-state index contributed by atoms with van der Waals surface area (Å²) in [6.07, 6.45) is 7.44. The van der Waals surface area contributed by atoms with E-state index in [0.29, 0.717) is 12.8 Å². The van der Waals surface area contributed by atoms with E-state index in [-0.39, 0.29) is 17.2 Å². The summed E-state index contributed by atoms with van der Waals surface area (Å²) in [6.45, 7) is 4.37. The Bertz CT molecular complexity index is 1380. The molecule has 1 aliphatic carbocycles. The lowest BCUT2D eigenvalue weighted by Gasteiger charge is -2.40. The lowest BCUT2D eigenvalue weighted by Crippen LogP contribution is -2.33. The number of nitrogens with one attached hydrogen (secondary N) is 1. The van der Waals surface area contributed by atoms with Crippen LogP contribution in [0.1, 0.15) is 49.4 Å². The fraction of sp³-hybridized carbons (Fsp3) is 0.276. The largest absolute Gasteiger partial charge is 0.496 e. The first-order valence-electron chi connectivity index (χ1n) is 11.2. The maximum atomic E-state index is 13.6. The summed E-state index contributed by atoms with van der Waals surface area (Å²) in [5.74, 6) is 3.64. The third kappa shape index (κ3) is 3.65. The molecule has 5 rings (SSSR count). The third-order valence-corrected chi connectivity index (χ3v) is 7.46. The molecule has 2 aliphatic rings. The molecule has 33 heavy (non-hydrogen) atoms. The number of hydrogen-bond donors (Lipinski definition) is 1. The summed E-state index contributed by atoms with van der Waals surface area (Å²) in [7, 11) is 1.65. The molecule has 0 saturated heterocycles. The van der Waals surface area contributed by atoms with Gasteiger partial charge in [-0.15, -0.1) is 12.3 Å². The number of rotatable bonds is 3. The number of allylic oxidation sites excluding steroid dienone is 1. The first-order chi connectivity index (χ1) is 15.8. The smallest absolute Gasteiger partial charge is 0.162 e. The Labute approximate surface area is 203 Å². The first-order valence-corrected chi connectivity index (χ1v) is 12.0. The second-order valence-electron chi connectivity index (χ2n) is 9.68. The predicted octanol–water partition coefficient (Wildman–Crippen LogP) is 7.10. The van der Waals surface area contributed by atoms with Crippen molar-refractivity contribution in [1.82, 2.24) is 0 Å². The average Bonchev–Trinajstić information content (AvgIpc) is 2.78. The Morgan fingerprint density at radius 1 is 1.18 bits per heavy atom. The number of ketones is 1. The topological polar surface area (TPSA) is 38.3 Å². The zero-order chi connectivity index (χ0) is 23.3. The van der Waals surface area contributed by atoms with Gasteiger partial charge in [0.15, 0.2) is 5.78 Å². The van der Waals surface area contributed by atoms with Gasteiger partial charge < -0.3 is 10.1 Å². The third-order valence-electron chi connectivity index (χ3n) is 6.75. The highest BCUT2D eigenvalue weighted by molar-refractivity contribution is 9.10. The van der Waals surface area contributed by atoms with Gasteiger partial charge in [-0.3, -0.25) is 4.79 Å². The van der Waals surface area contributed by atoms with Crippen molar-refractivity contribution in [2.24, 2.45) is 5.41 Å². The molecule has 0 amide bonds. The van der Waals surface area contributed by atoms with Crippen molar-refractivity contribution in [3.63, 3.8) is 0 Å². The SMILES string of the molecule is C#CCc1c(Br)cc([C@H]2Nc3ccc4ccccc4c3C3=C2C(=O)CC(C)(C)C3)cc1OC. The summed E-state index contributed by atoms with van der Waals surface area (Å²) >= 11 is 3.69. The Hall–Kier alpha value is -3.03. The van der Waals surface area contributed by atoms with E-state index in [2.05, 4.69) is 83.5 Å². The standard InChI is InChI=1S/C29H26BrNO2/c1-5-8-20-22(30)13-18(14-25(20)33-4)28-27-21(15-29(2,3)16-24(27)32)26-19-10-7-6-9-17(19)11-12-23(26)31-28/h1,6-7,9-14,28,31H,8,15-16H2,2-4H3/t28-/m1/s1. The predicted molar refractivity (Wildman–Crippen MR) is 138 cm³/mol. The molecule has 0 fully saturated rings. The van der Waals surface area contributed by atoms with Crippen molar-refractivity contribution in [3.05, 3.63) is 75.3 Å². The average molecular weight is 500 g/mol. The van der Waals surface area contributed by atoms with Gasteiger partial charge in [0.05, 0.1) is 13.2 Å². The molecule has 0 spiro atoms. The Kier molecular flexibility index (Phi) is 5.34. The lowest BCUT2D eigenvalue weighted by molar-refractivity contribution is -0.118. The number of methoxy groups -OCH3 is 1. The quantitative estimate of drug-likeness (QED) is 0.390. The molecule has 1 N–H and O–H groups in total. The molecule has 0 saturated carbocycles. The molecule has 0 aromatic heterocycles. The van der Waals surface area contributed by atoms with Gasteiger partial charge in [0.1, 0.15) is 5.75 Å². The number of ether oxygens (including phenoxy) is 1. The highest BCUT2D eigenvalue weighted by atomic mass is 79.9. The molecule has 1 atom stereocenters. The van der Waals surface area contributed by atoms with Gasteiger partial charge in [0.25, 0.3) is 0 Å². The maximum Gasteiger partial charge on any atom is 0.162 e. The molecule has 1 heterocycles. The molecule has 3 aromatic carbocycles. The van der Waals surface area contributed by atoms with Crippen LogP contribution in [0.3, 0.4) is 0 Å². The van der Waals surface area contributed by atoms with E-state index in [1.165, 1.54) is 10.8 Å². The molecule has 4 heteroatoms. The zero-order valence-electron chi connectivity index (χ0n) is 19.1. The van der Waals surface area contributed by atoms with Crippen molar-refractivity contribution in [3.8, 4) is 18.1 Å². The van der Waals surface area contributed by atoms with Gasteiger partial charge in [0.2, 0.25) is 0 Å². The van der Waals surface area contributed by atoms with E-state index < -0.39 is 0 Å². The van der Waals surface area contributed by atoms with Crippen LogP contribution < -0.4 is 10.1 Å². The maximum absolute atomic E-state index is 13.6. The zero-order valence-corrected chi connectivity index (χ0v) is 20.7. The van der Waals surface area contributed by atoms with Crippen LogP contribution in [0, 0.1) is 17.8 Å². The highest BCUT2D eigenvalue weighted by Gasteiger charge is 2.41. The minimum atomic E-state index is -0.248. The van der Waals surface area contributed by atoms with Crippen LogP contribution in [0.2, 0.25) is 0 Å². The van der Waals surface area contributed by atoms with Crippen LogP contribution in [-0.2, 0) is 11.2 Å². The highest BCUT2D eigenvalue weighted by Crippen LogP contribution is 2.52. The van der Waals surface area contributed by atoms with Crippen LogP contribution in [0.5, 0.6) is 5.75 Å². The molecule has 3 aromatic rings. The van der Waals surface area contributed by atoms with Crippen LogP contribution >= 0.6 is 15.9 Å². The fourth-order valence-electron chi connectivity index (χ4n) is 5.34. The molecule has 3 nitrogen and oxygen atoms in total. The van der Waals surface area contributed by atoms with Crippen molar-refractivity contribution >= 4 is 43.7 Å². The fourth-order valence-corrected chi connectivity index (χ4v) is 5.94. The van der Waals surface area contributed by atoms with E-state index in [4.69, 9.17) is 11.2 Å². The molecule has 166 valence electrons. The molecular formula is C29H26BrNO2. The second kappa shape index (κ2) is 8.08. The van der Waals surface area contributed by atoms with Crippen molar-refractivity contribution in [1.29, 1.82) is 0 Å². The van der Waals surface area contributed by atoms with Gasteiger partial charge in [-0.1, -0.05) is 60.1 Å². The van der Waals surface area contributed by atoms with E-state index in [1.807, 2.05) is 6.07 Å². The van der Waals surface area contributed by atoms with Crippen molar-refractivity contribution in [2.45, 2.75) is 39.2 Å². The molecule has 0 bridgehead atoms. The van der Waals surface area contributed by atoms with Crippen molar-refractivity contribution in [2.75, 3.05) is 12.4 Å². The minimum absolute atomic E-state index is 0.0824. The van der Waals surface area contributed by atoms with Crippen molar-refractivity contribution < 1.29 is 9.53 Å². The summed E-state index contributed by atoms with van der Waals surface area (Å²) in [5, 5.41) is 6.06. The number of fused-ring (bicyclic) bond motifs is 4. The van der Waals surface area contributed by atoms with E-state index in [1.54, 1.807) is 7.11 Å². The number of terminal acetylenes is 1. The Morgan fingerprint density at radius 3 is 2.73 bits per heavy atom. The number of anilines is 1. The molecule has 0 unspecified atom stereocenters. The van der Waals surface area contributed by atoms with E-state index >= 15 is 0 Å². The van der Waals surface area contributed by atoms with Crippen LogP contribution in [0.25, 0.3) is 16.3 Å². The summed E-state index contributed by atoms with van der Waals surface area (Å²) in [5.41, 5.74) is 6.10. The van der Waals surface area contributed by atoms with E-state index in [0.717, 1.165) is 50.2 Å². The lowest BCUT2D eigenvalue weighted by atomic mass is 9.68. The van der Waals surface area contributed by atoms with Gasteiger partial charge >= 0.3 is 0 Å². The van der Waals surface area contributed by atoms with Gasteiger partial charge in [0, 0.05) is 39.7 Å². The first kappa shape index (κ1) is 21.8. The minimum Gasteiger partial charge on any atom is -0.496 e. The number of hydrogen-bond acceptors (Lipinski definition) is 3. The summed E-state index contributed by atoms with van der Waals surface area (Å²) in [4.78, 5) is 13.6. The Morgan fingerprint density at radius 2 is 1.97 bits per heavy atom. The van der Waals surface area contributed by atoms with Gasteiger partial charge in [-0.2, -0.15) is 0 Å². The number of halogens is 1. The summed E-state index contributed by atoms with van der Waals surface area (Å²) in [6, 6.07) is 16.5.